The van der Waals surface area contributed by atoms with Gasteiger partial charge in [-0.1, -0.05) is 6.07 Å². The maximum absolute atomic E-state index is 9.57. The molecule has 1 fully saturated rings. The van der Waals surface area contributed by atoms with Gasteiger partial charge >= 0.3 is 0 Å². The molecule has 1 saturated heterocycles. The van der Waals surface area contributed by atoms with E-state index in [9.17, 15) is 5.11 Å². The van der Waals surface area contributed by atoms with E-state index in [0.717, 1.165) is 0 Å². The molecule has 0 amide bonds. The number of hydrogen-bond donors (Lipinski definition) is 1. The van der Waals surface area contributed by atoms with Crippen LogP contribution in [-0.2, 0) is 11.1 Å². The molecule has 4 heteroatoms. The molecule has 2 rings (SSSR count). The Morgan fingerprint density at radius 2 is 2.29 bits per heavy atom. The first-order valence-corrected chi connectivity index (χ1v) is 4.84. The number of aliphatic hydroxyl groups is 1. The lowest BCUT2D eigenvalue weighted by atomic mass is 9.98. The smallest absolute Gasteiger partial charge is 0.160 e. The lowest BCUT2D eigenvalue weighted by Crippen LogP contribution is -2.15. The summed E-state index contributed by atoms with van der Waals surface area (Å²) in [4.78, 5) is 0. The van der Waals surface area contributed by atoms with Crippen LogP contribution in [-0.4, -0.2) is 37.6 Å². The Hall–Kier alpha value is -1.26. The van der Waals surface area contributed by atoms with Crippen molar-refractivity contribution in [1.29, 1.82) is 0 Å². The molecular weight excluding hydrogens is 220 g/mol. The van der Waals surface area contributed by atoms with Crippen molar-refractivity contribution < 1.29 is 30.3 Å². The van der Waals surface area contributed by atoms with Crippen molar-refractivity contribution in [1.82, 2.24) is 0 Å². The van der Waals surface area contributed by atoms with E-state index in [-0.39, 0.29) is 17.1 Å². The van der Waals surface area contributed by atoms with Crippen molar-refractivity contribution in [2.75, 3.05) is 20.8 Å². The van der Waals surface area contributed by atoms with Gasteiger partial charge in [-0.05, 0) is 24.5 Å². The minimum atomic E-state index is -3.40. The van der Waals surface area contributed by atoms with Crippen LogP contribution in [0.25, 0.3) is 0 Å². The zero-order chi connectivity index (χ0) is 19.5. The van der Waals surface area contributed by atoms with Crippen molar-refractivity contribution in [3.05, 3.63) is 23.8 Å². The molecule has 0 saturated carbocycles. The highest BCUT2D eigenvalue weighted by Crippen LogP contribution is 2.40. The number of hydrogen-bond acceptors (Lipinski definition) is 4. The summed E-state index contributed by atoms with van der Waals surface area (Å²) in [5.74, 6) is 0.393. The van der Waals surface area contributed by atoms with E-state index in [1.165, 1.54) is 32.4 Å². The fraction of sp³-hybridized carbons (Fsp3) is 0.538. The minimum absolute atomic E-state index is 0.118. The second-order valence-corrected chi connectivity index (χ2v) is 3.42. The first-order chi connectivity index (χ1) is 11.2. The van der Waals surface area contributed by atoms with Crippen LogP contribution in [0, 0.1) is 0 Å². The number of methoxy groups -OCH3 is 2. The third-order valence-electron chi connectivity index (χ3n) is 2.34. The Morgan fingerprint density at radius 3 is 2.82 bits per heavy atom. The van der Waals surface area contributed by atoms with E-state index in [1.807, 2.05) is 0 Å². The van der Waals surface area contributed by atoms with Crippen molar-refractivity contribution in [2.45, 2.75) is 24.9 Å². The van der Waals surface area contributed by atoms with Gasteiger partial charge < -0.3 is 19.3 Å². The van der Waals surface area contributed by atoms with Crippen LogP contribution in [0.3, 0.4) is 0 Å². The molecule has 17 heavy (non-hydrogen) atoms. The van der Waals surface area contributed by atoms with Crippen molar-refractivity contribution >= 4 is 0 Å². The molecule has 0 spiro atoms. The van der Waals surface area contributed by atoms with Gasteiger partial charge in [0.05, 0.1) is 30.5 Å². The molecule has 0 aromatic heterocycles. The molecule has 0 aliphatic carbocycles. The summed E-state index contributed by atoms with van der Waals surface area (Å²) in [6.07, 6.45) is -5.86. The monoisotopic (exact) mass is 246 g/mol. The van der Waals surface area contributed by atoms with Gasteiger partial charge in [0.2, 0.25) is 0 Å². The van der Waals surface area contributed by atoms with E-state index >= 15 is 0 Å². The third-order valence-corrected chi connectivity index (χ3v) is 2.34. The predicted molar refractivity (Wildman–Crippen MR) is 63.6 cm³/mol. The van der Waals surface area contributed by atoms with Crippen LogP contribution in [0.1, 0.15) is 23.4 Å². The molecule has 1 aromatic rings. The molecule has 1 aliphatic heterocycles. The lowest BCUT2D eigenvalue weighted by Gasteiger charge is -2.11. The maximum Gasteiger partial charge on any atom is 0.160 e. The summed E-state index contributed by atoms with van der Waals surface area (Å²) in [6, 6.07) is 3.76. The molecule has 1 N–H and O–H groups in total. The van der Waals surface area contributed by atoms with Crippen LogP contribution in [0.4, 0.5) is 0 Å². The SMILES string of the molecule is [2H]C([2H])([2H])[C@@]1(C([2H])([2H])c2ccc(OC)c(OC)c2)O[C@@]1([2H])C([2H])([2H])O. The second-order valence-electron chi connectivity index (χ2n) is 3.42. The van der Waals surface area contributed by atoms with E-state index in [4.69, 9.17) is 25.2 Å². The van der Waals surface area contributed by atoms with E-state index < -0.39 is 31.5 Å². The second kappa shape index (κ2) is 4.55. The highest BCUT2D eigenvalue weighted by molar-refractivity contribution is 5.43. The largest absolute Gasteiger partial charge is 0.493 e. The van der Waals surface area contributed by atoms with Crippen LogP contribution in [0.2, 0.25) is 0 Å². The first-order valence-electron chi connectivity index (χ1n) is 8.84. The molecule has 2 atom stereocenters. The number of epoxide rings is 1. The van der Waals surface area contributed by atoms with Gasteiger partial charge in [0.15, 0.2) is 11.5 Å². The lowest BCUT2D eigenvalue weighted by molar-refractivity contribution is 0.236. The van der Waals surface area contributed by atoms with Gasteiger partial charge in [-0.3, -0.25) is 0 Å². The molecule has 0 radical (unpaired) electrons. The van der Waals surface area contributed by atoms with E-state index in [1.54, 1.807) is 0 Å². The van der Waals surface area contributed by atoms with Crippen molar-refractivity contribution in [2.24, 2.45) is 0 Å². The highest BCUT2D eigenvalue weighted by atomic mass is 16.6. The maximum atomic E-state index is 9.57. The Morgan fingerprint density at radius 1 is 1.53 bits per heavy atom. The molecular formula is C13H18O4. The number of benzene rings is 1. The Balaban J connectivity index is 2.64. The normalized spacial score (nSPS) is 40.4. The van der Waals surface area contributed by atoms with Gasteiger partial charge in [0.1, 0.15) is 6.08 Å². The van der Waals surface area contributed by atoms with Crippen LogP contribution in [0.15, 0.2) is 18.2 Å². The standard InChI is InChI=1S/C13H18O4/c1-13(12(8-14)17-13)7-9-4-5-10(15-2)11(6-9)16-3/h4-6,12,14H,7-8H2,1-3H3/t12-,13-/m0/s1/i1D3,7D2,8D2,12D. The van der Waals surface area contributed by atoms with Gasteiger partial charge in [0.25, 0.3) is 0 Å². The fourth-order valence-corrected chi connectivity index (χ4v) is 1.43. The topological polar surface area (TPSA) is 51.2 Å². The Labute approximate surface area is 112 Å². The first kappa shape index (κ1) is 5.59. The van der Waals surface area contributed by atoms with Crippen molar-refractivity contribution in [3.8, 4) is 11.5 Å². The van der Waals surface area contributed by atoms with Gasteiger partial charge in [-0.2, -0.15) is 0 Å². The third kappa shape index (κ3) is 2.37. The number of rotatable bonds is 5. The predicted octanol–water partition coefficient (Wildman–Crippen LogP) is 1.40. The van der Waals surface area contributed by atoms with Gasteiger partial charge in [-0.25, -0.2) is 0 Å². The van der Waals surface area contributed by atoms with Crippen LogP contribution in [0.5, 0.6) is 11.5 Å². The molecule has 0 bridgehead atoms. The van der Waals surface area contributed by atoms with Crippen molar-refractivity contribution in [3.63, 3.8) is 0 Å². The molecule has 1 aromatic carbocycles. The van der Waals surface area contributed by atoms with Gasteiger partial charge in [0, 0.05) is 13.2 Å². The molecule has 1 heterocycles. The average Bonchev–Trinajstić information content (AvgIpc) is 3.16. The summed E-state index contributed by atoms with van der Waals surface area (Å²) in [7, 11) is 2.68. The van der Waals surface area contributed by atoms with Gasteiger partial charge in [-0.15, -0.1) is 0 Å². The average molecular weight is 246 g/mol. The summed E-state index contributed by atoms with van der Waals surface area (Å²) in [6.45, 7) is -6.63. The quantitative estimate of drug-likeness (QED) is 0.798. The summed E-state index contributed by atoms with van der Waals surface area (Å²) in [5.41, 5.74) is -3.13. The zero-order valence-corrected chi connectivity index (χ0v) is 9.40. The molecule has 0 unspecified atom stereocenters. The number of ether oxygens (including phenoxy) is 3. The Kier molecular flexibility index (Phi) is 1.49. The van der Waals surface area contributed by atoms with E-state index in [2.05, 4.69) is 0 Å². The molecule has 4 nitrogen and oxygen atoms in total. The van der Waals surface area contributed by atoms with E-state index in [0.29, 0.717) is 0 Å². The Bertz CT molecular complexity index is 671. The minimum Gasteiger partial charge on any atom is -0.493 e. The molecule has 94 valence electrons. The molecule has 1 aliphatic rings. The summed E-state index contributed by atoms with van der Waals surface area (Å²) < 4.78 is 77.0. The summed E-state index contributed by atoms with van der Waals surface area (Å²) >= 11 is 0. The van der Waals surface area contributed by atoms with Crippen LogP contribution >= 0.6 is 0 Å². The zero-order valence-electron chi connectivity index (χ0n) is 17.4. The fourth-order valence-electron chi connectivity index (χ4n) is 1.43. The highest BCUT2D eigenvalue weighted by Gasteiger charge is 2.51. The summed E-state index contributed by atoms with van der Waals surface area (Å²) in [5, 5.41) is 9.57. The van der Waals surface area contributed by atoms with Crippen LogP contribution < -0.4 is 9.47 Å².